The van der Waals surface area contributed by atoms with Crippen LogP contribution in [0.5, 0.6) is 0 Å². The van der Waals surface area contributed by atoms with Gasteiger partial charge in [0.2, 0.25) is 5.91 Å². The molecule has 7 nitrogen and oxygen atoms in total. The topological polar surface area (TPSA) is 94.4 Å². The first-order valence-corrected chi connectivity index (χ1v) is 5.43. The number of ether oxygens (including phenoxy) is 1. The number of carbonyl (C=O) groups excluding carboxylic acids is 1. The minimum absolute atomic E-state index is 0.0971. The molecule has 0 atom stereocenters. The van der Waals surface area contributed by atoms with E-state index >= 15 is 0 Å². The van der Waals surface area contributed by atoms with Gasteiger partial charge >= 0.3 is 5.00 Å². The maximum atomic E-state index is 11.3. The summed E-state index contributed by atoms with van der Waals surface area (Å²) in [4.78, 5) is 24.8. The monoisotopic (exact) mass is 245 g/mol. The Morgan fingerprint density at radius 3 is 3.06 bits per heavy atom. The van der Waals surface area contributed by atoms with Gasteiger partial charge in [0.05, 0.1) is 18.0 Å². The van der Waals surface area contributed by atoms with Crippen molar-refractivity contribution >= 4 is 27.4 Å². The summed E-state index contributed by atoms with van der Waals surface area (Å²) in [5.74, 6) is -0.266. The Balaban J connectivity index is 2.40. The summed E-state index contributed by atoms with van der Waals surface area (Å²) in [5, 5.41) is 12.9. The summed E-state index contributed by atoms with van der Waals surface area (Å²) in [5.41, 5.74) is 0. The van der Waals surface area contributed by atoms with E-state index < -0.39 is 4.92 Å². The van der Waals surface area contributed by atoms with E-state index in [0.29, 0.717) is 13.2 Å². The summed E-state index contributed by atoms with van der Waals surface area (Å²) < 4.78 is 5.00. The Hall–Kier alpha value is -1.54. The molecule has 1 aromatic rings. The number of hydrogen-bond acceptors (Lipinski definition) is 6. The third-order valence-electron chi connectivity index (χ3n) is 1.60. The molecule has 0 aliphatic rings. The van der Waals surface area contributed by atoms with Crippen molar-refractivity contribution in [2.24, 2.45) is 0 Å². The fourth-order valence-electron chi connectivity index (χ4n) is 0.899. The van der Waals surface area contributed by atoms with Crippen LogP contribution in [-0.2, 0) is 9.53 Å². The Morgan fingerprint density at radius 1 is 1.75 bits per heavy atom. The molecule has 1 N–H and O–H groups in total. The molecule has 1 rings (SSSR count). The second-order valence-corrected chi connectivity index (χ2v) is 3.76. The average Bonchev–Trinajstić information content (AvgIpc) is 2.66. The van der Waals surface area contributed by atoms with Crippen molar-refractivity contribution in [3.63, 3.8) is 0 Å². The molecule has 1 aromatic heterocycles. The number of nitrogens with zero attached hydrogens (tertiary/aromatic N) is 2. The van der Waals surface area contributed by atoms with Crippen LogP contribution in [0.25, 0.3) is 0 Å². The van der Waals surface area contributed by atoms with Crippen LogP contribution in [0.3, 0.4) is 0 Å². The van der Waals surface area contributed by atoms with E-state index in [0.717, 1.165) is 17.5 Å². The Bertz CT molecular complexity index is 379. The Labute approximate surface area is 95.6 Å². The zero-order valence-corrected chi connectivity index (χ0v) is 9.45. The van der Waals surface area contributed by atoms with Crippen LogP contribution < -0.4 is 5.32 Å². The summed E-state index contributed by atoms with van der Waals surface area (Å²) in [6, 6.07) is 0. The van der Waals surface area contributed by atoms with E-state index in [4.69, 9.17) is 4.74 Å². The third kappa shape index (κ3) is 3.91. The quantitative estimate of drug-likeness (QED) is 0.464. The van der Waals surface area contributed by atoms with Crippen LogP contribution in [0.15, 0.2) is 6.20 Å². The first-order chi connectivity index (χ1) is 7.63. The zero-order chi connectivity index (χ0) is 12.0. The molecule has 1 heterocycles. The first-order valence-electron chi connectivity index (χ1n) is 4.61. The van der Waals surface area contributed by atoms with Crippen molar-refractivity contribution in [1.82, 2.24) is 4.98 Å². The van der Waals surface area contributed by atoms with Crippen molar-refractivity contribution in [3.8, 4) is 0 Å². The lowest BCUT2D eigenvalue weighted by Crippen LogP contribution is -2.13. The van der Waals surface area contributed by atoms with Crippen molar-refractivity contribution in [2.45, 2.75) is 13.3 Å². The zero-order valence-electron chi connectivity index (χ0n) is 8.63. The number of rotatable bonds is 6. The number of amides is 1. The molecule has 16 heavy (non-hydrogen) atoms. The predicted octanol–water partition coefficient (Wildman–Crippen LogP) is 1.42. The maximum Gasteiger partial charge on any atom is 0.345 e. The van der Waals surface area contributed by atoms with Crippen molar-refractivity contribution < 1.29 is 14.5 Å². The highest BCUT2D eigenvalue weighted by Crippen LogP contribution is 2.24. The molecule has 0 fully saturated rings. The van der Waals surface area contributed by atoms with E-state index in [9.17, 15) is 14.9 Å². The summed E-state index contributed by atoms with van der Waals surface area (Å²) in [7, 11) is 0. The van der Waals surface area contributed by atoms with Gasteiger partial charge in [-0.25, -0.2) is 4.98 Å². The van der Waals surface area contributed by atoms with Gasteiger partial charge in [-0.2, -0.15) is 0 Å². The summed E-state index contributed by atoms with van der Waals surface area (Å²) in [6.07, 6.45) is 1.32. The number of thiazole rings is 1. The molecule has 0 aliphatic heterocycles. The van der Waals surface area contributed by atoms with E-state index in [1.807, 2.05) is 6.92 Å². The van der Waals surface area contributed by atoms with Gasteiger partial charge in [-0.05, 0) is 18.3 Å². The number of aromatic nitrogens is 1. The van der Waals surface area contributed by atoms with Gasteiger partial charge in [0.25, 0.3) is 0 Å². The molecule has 0 saturated carbocycles. The van der Waals surface area contributed by atoms with E-state index in [1.165, 1.54) is 0 Å². The van der Waals surface area contributed by atoms with Gasteiger partial charge < -0.3 is 10.1 Å². The lowest BCUT2D eigenvalue weighted by molar-refractivity contribution is -0.380. The largest absolute Gasteiger partial charge is 0.381 e. The fourth-order valence-corrected chi connectivity index (χ4v) is 1.55. The van der Waals surface area contributed by atoms with E-state index in [1.54, 1.807) is 0 Å². The maximum absolute atomic E-state index is 11.3. The number of carbonyl (C=O) groups is 1. The lowest BCUT2D eigenvalue weighted by Gasteiger charge is -2.00. The van der Waals surface area contributed by atoms with Gasteiger partial charge in [-0.1, -0.05) is 0 Å². The Morgan fingerprint density at radius 2 is 2.50 bits per heavy atom. The highest BCUT2D eigenvalue weighted by Gasteiger charge is 2.12. The van der Waals surface area contributed by atoms with Crippen LogP contribution >= 0.6 is 11.3 Å². The normalized spacial score (nSPS) is 10.1. The Kier molecular flexibility index (Phi) is 4.80. The van der Waals surface area contributed by atoms with E-state index in [-0.39, 0.29) is 22.5 Å². The molecule has 0 aromatic carbocycles. The number of hydrogen-bond donors (Lipinski definition) is 1. The summed E-state index contributed by atoms with van der Waals surface area (Å²) in [6.45, 7) is 2.72. The average molecular weight is 245 g/mol. The molecular formula is C8H11N3O4S. The molecule has 1 amide bonds. The van der Waals surface area contributed by atoms with Gasteiger partial charge in [-0.15, -0.1) is 0 Å². The first kappa shape index (κ1) is 12.5. The molecule has 0 aliphatic carbocycles. The molecule has 0 saturated heterocycles. The van der Waals surface area contributed by atoms with Crippen LogP contribution in [-0.4, -0.2) is 29.0 Å². The minimum atomic E-state index is -0.548. The predicted molar refractivity (Wildman–Crippen MR) is 58.5 cm³/mol. The second kappa shape index (κ2) is 6.13. The molecule has 0 unspecified atom stereocenters. The van der Waals surface area contributed by atoms with Crippen molar-refractivity contribution in [2.75, 3.05) is 18.5 Å². The SMILES string of the molecule is CCOCCC(=O)Nc1ncc([N+](=O)[O-])s1. The minimum Gasteiger partial charge on any atom is -0.381 e. The van der Waals surface area contributed by atoms with Crippen molar-refractivity contribution in [1.29, 1.82) is 0 Å². The molecule has 88 valence electrons. The van der Waals surface area contributed by atoms with Crippen LogP contribution in [0, 0.1) is 10.1 Å². The molecule has 0 spiro atoms. The van der Waals surface area contributed by atoms with Gasteiger partial charge in [0, 0.05) is 6.61 Å². The second-order valence-electron chi connectivity index (χ2n) is 2.76. The molecule has 8 heteroatoms. The smallest absolute Gasteiger partial charge is 0.345 e. The standard InChI is InChI=1S/C8H11N3O4S/c1-2-15-4-3-6(12)10-8-9-5-7(16-8)11(13)14/h5H,2-4H2,1H3,(H,9,10,12). The third-order valence-corrected chi connectivity index (χ3v) is 2.46. The molecule has 0 radical (unpaired) electrons. The molecular weight excluding hydrogens is 234 g/mol. The van der Waals surface area contributed by atoms with Crippen LogP contribution in [0.2, 0.25) is 0 Å². The van der Waals surface area contributed by atoms with Gasteiger partial charge in [-0.3, -0.25) is 14.9 Å². The van der Waals surface area contributed by atoms with E-state index in [2.05, 4.69) is 10.3 Å². The van der Waals surface area contributed by atoms with Gasteiger partial charge in [0.15, 0.2) is 5.13 Å². The number of nitrogens with one attached hydrogen (secondary N) is 1. The number of anilines is 1. The highest BCUT2D eigenvalue weighted by molar-refractivity contribution is 7.18. The van der Waals surface area contributed by atoms with Crippen LogP contribution in [0.1, 0.15) is 13.3 Å². The van der Waals surface area contributed by atoms with Crippen LogP contribution in [0.4, 0.5) is 10.1 Å². The molecule has 0 bridgehead atoms. The number of nitro groups is 1. The fraction of sp³-hybridized carbons (Fsp3) is 0.500. The summed E-state index contributed by atoms with van der Waals surface area (Å²) >= 11 is 0.826. The highest BCUT2D eigenvalue weighted by atomic mass is 32.1. The van der Waals surface area contributed by atoms with Gasteiger partial charge in [0.1, 0.15) is 6.20 Å². The van der Waals surface area contributed by atoms with Crippen molar-refractivity contribution in [3.05, 3.63) is 16.3 Å². The lowest BCUT2D eigenvalue weighted by atomic mass is 10.4.